The lowest BCUT2D eigenvalue weighted by Crippen LogP contribution is -2.22. The van der Waals surface area contributed by atoms with E-state index in [9.17, 15) is 0 Å². The molecule has 0 fully saturated rings. The predicted molar refractivity (Wildman–Crippen MR) is 75.1 cm³/mol. The third-order valence-corrected chi connectivity index (χ3v) is 3.62. The van der Waals surface area contributed by atoms with Gasteiger partial charge in [0.05, 0.1) is 18.3 Å². The molecule has 0 radical (unpaired) electrons. The van der Waals surface area contributed by atoms with Crippen molar-refractivity contribution in [2.45, 2.75) is 25.9 Å². The van der Waals surface area contributed by atoms with Crippen molar-refractivity contribution in [1.29, 1.82) is 0 Å². The van der Waals surface area contributed by atoms with E-state index in [0.29, 0.717) is 0 Å². The van der Waals surface area contributed by atoms with Crippen LogP contribution in [0.3, 0.4) is 0 Å². The molecule has 3 nitrogen and oxygen atoms in total. The number of methoxy groups -OCH3 is 1. The first-order valence-corrected chi connectivity index (χ1v) is 6.93. The summed E-state index contributed by atoms with van der Waals surface area (Å²) in [5, 5.41) is 5.62. The smallest absolute Gasteiger partial charge is 0.118 e. The molecule has 18 heavy (non-hydrogen) atoms. The molecule has 96 valence electrons. The van der Waals surface area contributed by atoms with Crippen LogP contribution in [-0.2, 0) is 0 Å². The van der Waals surface area contributed by atoms with Crippen LogP contribution >= 0.6 is 11.3 Å². The molecule has 0 spiro atoms. The molecule has 0 amide bonds. The highest BCUT2D eigenvalue weighted by Crippen LogP contribution is 2.21. The SMILES string of the molecule is COc1ccc([C@H](C)NC(C)c2cscn2)cc1. The Morgan fingerprint density at radius 1 is 1.17 bits per heavy atom. The van der Waals surface area contributed by atoms with Gasteiger partial charge in [-0.05, 0) is 31.5 Å². The van der Waals surface area contributed by atoms with Crippen molar-refractivity contribution in [3.63, 3.8) is 0 Å². The first-order valence-electron chi connectivity index (χ1n) is 5.99. The highest BCUT2D eigenvalue weighted by molar-refractivity contribution is 7.07. The van der Waals surface area contributed by atoms with Crippen LogP contribution in [0.1, 0.15) is 37.2 Å². The lowest BCUT2D eigenvalue weighted by atomic mass is 10.1. The van der Waals surface area contributed by atoms with Gasteiger partial charge in [-0.25, -0.2) is 4.98 Å². The summed E-state index contributed by atoms with van der Waals surface area (Å²) in [6.07, 6.45) is 0. The number of rotatable bonds is 5. The first-order chi connectivity index (χ1) is 8.70. The minimum Gasteiger partial charge on any atom is -0.497 e. The third kappa shape index (κ3) is 3.09. The predicted octanol–water partition coefficient (Wildman–Crippen LogP) is 3.56. The molecule has 1 aromatic carbocycles. The standard InChI is InChI=1S/C14H18N2OS/c1-10(12-4-6-13(17-3)7-5-12)16-11(2)14-8-18-9-15-14/h4-11,16H,1-3H3/t10-,11?/m0/s1. The number of ether oxygens (including phenoxy) is 1. The Balaban J connectivity index is 2.00. The van der Waals surface area contributed by atoms with Crippen LogP contribution in [0.2, 0.25) is 0 Å². The van der Waals surface area contributed by atoms with Crippen molar-refractivity contribution in [2.75, 3.05) is 7.11 Å². The zero-order valence-electron chi connectivity index (χ0n) is 10.9. The van der Waals surface area contributed by atoms with Gasteiger partial charge < -0.3 is 10.1 Å². The van der Waals surface area contributed by atoms with Crippen LogP contribution in [0.4, 0.5) is 0 Å². The Labute approximate surface area is 112 Å². The minimum atomic E-state index is 0.258. The molecule has 4 heteroatoms. The fourth-order valence-corrected chi connectivity index (χ4v) is 2.53. The number of hydrogen-bond acceptors (Lipinski definition) is 4. The summed E-state index contributed by atoms with van der Waals surface area (Å²) >= 11 is 1.63. The van der Waals surface area contributed by atoms with Crippen molar-refractivity contribution in [3.05, 3.63) is 46.4 Å². The largest absolute Gasteiger partial charge is 0.497 e. The van der Waals surface area contributed by atoms with Crippen molar-refractivity contribution in [2.24, 2.45) is 0 Å². The Hall–Kier alpha value is -1.39. The molecular formula is C14H18N2OS. The molecule has 0 aliphatic carbocycles. The first kappa shape index (κ1) is 13.1. The van der Waals surface area contributed by atoms with Crippen molar-refractivity contribution in [1.82, 2.24) is 10.3 Å². The van der Waals surface area contributed by atoms with Gasteiger partial charge >= 0.3 is 0 Å². The van der Waals surface area contributed by atoms with Crippen LogP contribution in [-0.4, -0.2) is 12.1 Å². The summed E-state index contributed by atoms with van der Waals surface area (Å²) in [6, 6.07) is 8.69. The van der Waals surface area contributed by atoms with Gasteiger partial charge in [0.1, 0.15) is 5.75 Å². The Morgan fingerprint density at radius 3 is 2.44 bits per heavy atom. The maximum Gasteiger partial charge on any atom is 0.118 e. The van der Waals surface area contributed by atoms with E-state index in [1.165, 1.54) is 5.56 Å². The monoisotopic (exact) mass is 262 g/mol. The van der Waals surface area contributed by atoms with Gasteiger partial charge in [-0.1, -0.05) is 12.1 Å². The number of nitrogens with one attached hydrogen (secondary N) is 1. The van der Waals surface area contributed by atoms with Crippen LogP contribution in [0.5, 0.6) is 5.75 Å². The number of nitrogens with zero attached hydrogens (tertiary/aromatic N) is 1. The second-order valence-electron chi connectivity index (χ2n) is 4.30. The average Bonchev–Trinajstić information content (AvgIpc) is 2.92. The third-order valence-electron chi connectivity index (χ3n) is 3.01. The lowest BCUT2D eigenvalue weighted by molar-refractivity contribution is 0.414. The van der Waals surface area contributed by atoms with E-state index in [1.807, 2.05) is 17.6 Å². The van der Waals surface area contributed by atoms with Gasteiger partial charge in [-0.2, -0.15) is 0 Å². The summed E-state index contributed by atoms with van der Waals surface area (Å²) in [7, 11) is 1.68. The second kappa shape index (κ2) is 5.98. The van der Waals surface area contributed by atoms with Gasteiger partial charge in [0, 0.05) is 17.5 Å². The summed E-state index contributed by atoms with van der Waals surface area (Å²) in [5.41, 5.74) is 4.21. The van der Waals surface area contributed by atoms with E-state index in [0.717, 1.165) is 11.4 Å². The topological polar surface area (TPSA) is 34.1 Å². The van der Waals surface area contributed by atoms with Gasteiger partial charge in [0.15, 0.2) is 0 Å². The Morgan fingerprint density at radius 2 is 1.89 bits per heavy atom. The van der Waals surface area contributed by atoms with E-state index in [-0.39, 0.29) is 12.1 Å². The molecule has 1 N–H and O–H groups in total. The summed E-state index contributed by atoms with van der Waals surface area (Å²) < 4.78 is 5.16. The maximum absolute atomic E-state index is 5.16. The quantitative estimate of drug-likeness (QED) is 0.894. The van der Waals surface area contributed by atoms with Crippen molar-refractivity contribution in [3.8, 4) is 5.75 Å². The normalized spacial score (nSPS) is 14.2. The van der Waals surface area contributed by atoms with Gasteiger partial charge in [0.2, 0.25) is 0 Å². The molecule has 0 bridgehead atoms. The molecule has 0 aliphatic heterocycles. The van der Waals surface area contributed by atoms with E-state index >= 15 is 0 Å². The number of hydrogen-bond donors (Lipinski definition) is 1. The molecule has 0 saturated carbocycles. The number of aromatic nitrogens is 1. The van der Waals surface area contributed by atoms with Crippen LogP contribution in [0, 0.1) is 0 Å². The maximum atomic E-state index is 5.16. The summed E-state index contributed by atoms with van der Waals surface area (Å²) in [5.74, 6) is 0.887. The molecule has 1 unspecified atom stereocenters. The average molecular weight is 262 g/mol. The molecule has 1 aromatic heterocycles. The molecule has 0 saturated heterocycles. The summed E-state index contributed by atoms with van der Waals surface area (Å²) in [4.78, 5) is 4.33. The molecule has 2 atom stereocenters. The highest BCUT2D eigenvalue weighted by Gasteiger charge is 2.12. The highest BCUT2D eigenvalue weighted by atomic mass is 32.1. The van der Waals surface area contributed by atoms with E-state index in [2.05, 4.69) is 41.7 Å². The minimum absolute atomic E-state index is 0.258. The van der Waals surface area contributed by atoms with Crippen molar-refractivity contribution >= 4 is 11.3 Å². The zero-order chi connectivity index (χ0) is 13.0. The Kier molecular flexibility index (Phi) is 4.33. The molecule has 2 rings (SSSR count). The molecular weight excluding hydrogens is 244 g/mol. The fourth-order valence-electron chi connectivity index (χ4n) is 1.88. The van der Waals surface area contributed by atoms with Gasteiger partial charge in [-0.3, -0.25) is 0 Å². The zero-order valence-corrected chi connectivity index (χ0v) is 11.7. The van der Waals surface area contributed by atoms with Crippen LogP contribution < -0.4 is 10.1 Å². The second-order valence-corrected chi connectivity index (χ2v) is 5.02. The van der Waals surface area contributed by atoms with Crippen LogP contribution in [0.15, 0.2) is 35.2 Å². The molecule has 2 aromatic rings. The van der Waals surface area contributed by atoms with E-state index in [1.54, 1.807) is 18.4 Å². The number of thiazole rings is 1. The molecule has 0 aliphatic rings. The van der Waals surface area contributed by atoms with E-state index in [4.69, 9.17) is 4.74 Å². The number of benzene rings is 1. The van der Waals surface area contributed by atoms with Gasteiger partial charge in [-0.15, -0.1) is 11.3 Å². The summed E-state index contributed by atoms with van der Waals surface area (Å²) in [6.45, 7) is 4.29. The van der Waals surface area contributed by atoms with Crippen molar-refractivity contribution < 1.29 is 4.74 Å². The Bertz CT molecular complexity index is 467. The van der Waals surface area contributed by atoms with E-state index < -0.39 is 0 Å². The fraction of sp³-hybridized carbons (Fsp3) is 0.357. The van der Waals surface area contributed by atoms with Gasteiger partial charge in [0.25, 0.3) is 0 Å². The lowest BCUT2D eigenvalue weighted by Gasteiger charge is -2.19. The molecule has 1 heterocycles. The van der Waals surface area contributed by atoms with Crippen LogP contribution in [0.25, 0.3) is 0 Å².